The molecule has 2 heterocycles. The zero-order valence-electron chi connectivity index (χ0n) is 14.4. The van der Waals surface area contributed by atoms with E-state index in [1.54, 1.807) is 0 Å². The van der Waals surface area contributed by atoms with Crippen LogP contribution in [0.4, 0.5) is 5.69 Å². The number of hydrogen-bond acceptors (Lipinski definition) is 6. The van der Waals surface area contributed by atoms with Crippen LogP contribution in [0.15, 0.2) is 34.3 Å². The Kier molecular flexibility index (Phi) is 4.55. The number of anilines is 1. The molecule has 0 spiro atoms. The standard InChI is InChI=1S/C17H21N5O2S/c1-9-14(25-10(2)19-9)15(24)20-12-6-4-5-11(7-12)17(3)8-13(23)21-16(18)22-17/h4-7,9,14H,8H2,1-3H3,(H,20,24)(H3,18,21,22,23). The largest absolute Gasteiger partial charge is 0.370 e. The lowest BCUT2D eigenvalue weighted by molar-refractivity contribution is -0.121. The van der Waals surface area contributed by atoms with E-state index in [-0.39, 0.29) is 35.5 Å². The van der Waals surface area contributed by atoms with E-state index >= 15 is 0 Å². The first-order valence-electron chi connectivity index (χ1n) is 8.04. The van der Waals surface area contributed by atoms with Gasteiger partial charge in [0.2, 0.25) is 11.8 Å². The minimum absolute atomic E-state index is 0.0443. The molecule has 0 saturated heterocycles. The number of benzene rings is 1. The first kappa shape index (κ1) is 17.5. The number of carbonyl (C=O) groups excluding carboxylic acids is 2. The van der Waals surface area contributed by atoms with Crippen LogP contribution in [0.5, 0.6) is 0 Å². The fraction of sp³-hybridized carbons (Fsp3) is 0.412. The number of thioether (sulfide) groups is 1. The monoisotopic (exact) mass is 359 g/mol. The Labute approximate surface area is 150 Å². The topological polar surface area (TPSA) is 109 Å². The second-order valence-electron chi connectivity index (χ2n) is 6.49. The normalized spacial score (nSPS) is 28.8. The van der Waals surface area contributed by atoms with Gasteiger partial charge in [-0.05, 0) is 38.5 Å². The summed E-state index contributed by atoms with van der Waals surface area (Å²) in [5.41, 5.74) is 6.44. The number of carbonyl (C=O) groups is 2. The van der Waals surface area contributed by atoms with Crippen LogP contribution in [0.1, 0.15) is 32.8 Å². The molecule has 8 heteroatoms. The van der Waals surface area contributed by atoms with Gasteiger partial charge in [0.25, 0.3) is 0 Å². The van der Waals surface area contributed by atoms with Crippen molar-refractivity contribution in [1.82, 2.24) is 5.32 Å². The van der Waals surface area contributed by atoms with Crippen molar-refractivity contribution in [2.75, 3.05) is 5.32 Å². The van der Waals surface area contributed by atoms with Crippen molar-refractivity contribution in [3.05, 3.63) is 29.8 Å². The zero-order valence-corrected chi connectivity index (χ0v) is 15.2. The third-order valence-electron chi connectivity index (χ3n) is 4.27. The van der Waals surface area contributed by atoms with Crippen molar-refractivity contribution in [3.8, 4) is 0 Å². The molecule has 0 radical (unpaired) electrons. The van der Waals surface area contributed by atoms with Crippen molar-refractivity contribution >= 4 is 40.3 Å². The molecule has 0 aromatic heterocycles. The van der Waals surface area contributed by atoms with Crippen molar-refractivity contribution in [2.24, 2.45) is 15.7 Å². The number of aliphatic imine (C=N–C) groups is 2. The molecule has 3 rings (SSSR count). The number of rotatable bonds is 3. The quantitative estimate of drug-likeness (QED) is 0.761. The predicted molar refractivity (Wildman–Crippen MR) is 101 cm³/mol. The van der Waals surface area contributed by atoms with E-state index in [1.807, 2.05) is 45.0 Å². The van der Waals surface area contributed by atoms with Gasteiger partial charge in [0.15, 0.2) is 5.96 Å². The molecule has 0 fully saturated rings. The maximum atomic E-state index is 12.5. The van der Waals surface area contributed by atoms with Crippen molar-refractivity contribution in [2.45, 2.75) is 44.0 Å². The van der Waals surface area contributed by atoms with E-state index in [4.69, 9.17) is 5.73 Å². The first-order valence-corrected chi connectivity index (χ1v) is 8.92. The maximum absolute atomic E-state index is 12.5. The molecule has 2 aliphatic heterocycles. The molecule has 25 heavy (non-hydrogen) atoms. The van der Waals surface area contributed by atoms with Crippen LogP contribution in [0.25, 0.3) is 0 Å². The van der Waals surface area contributed by atoms with Crippen LogP contribution < -0.4 is 16.4 Å². The molecule has 1 aromatic carbocycles. The van der Waals surface area contributed by atoms with Crippen LogP contribution >= 0.6 is 11.8 Å². The van der Waals surface area contributed by atoms with Gasteiger partial charge in [-0.25, -0.2) is 4.99 Å². The molecular weight excluding hydrogens is 338 g/mol. The number of nitrogens with zero attached hydrogens (tertiary/aromatic N) is 2. The van der Waals surface area contributed by atoms with E-state index < -0.39 is 5.54 Å². The van der Waals surface area contributed by atoms with E-state index in [0.29, 0.717) is 5.69 Å². The molecule has 4 N–H and O–H groups in total. The zero-order chi connectivity index (χ0) is 18.2. The number of nitrogens with two attached hydrogens (primary N) is 1. The summed E-state index contributed by atoms with van der Waals surface area (Å²) in [6.07, 6.45) is 0.202. The summed E-state index contributed by atoms with van der Waals surface area (Å²) in [4.78, 5) is 33.1. The van der Waals surface area contributed by atoms with Gasteiger partial charge in [0.05, 0.1) is 23.0 Å². The van der Waals surface area contributed by atoms with Gasteiger partial charge < -0.3 is 11.1 Å². The Morgan fingerprint density at radius 3 is 2.88 bits per heavy atom. The Morgan fingerprint density at radius 1 is 1.48 bits per heavy atom. The fourth-order valence-corrected chi connectivity index (χ4v) is 4.10. The van der Waals surface area contributed by atoms with Gasteiger partial charge in [-0.2, -0.15) is 0 Å². The molecule has 2 amide bonds. The van der Waals surface area contributed by atoms with E-state index in [1.165, 1.54) is 11.8 Å². The Balaban J connectivity index is 1.79. The summed E-state index contributed by atoms with van der Waals surface area (Å²) < 4.78 is 0. The lowest BCUT2D eigenvalue weighted by atomic mass is 9.87. The number of hydrogen-bond donors (Lipinski definition) is 3. The predicted octanol–water partition coefficient (Wildman–Crippen LogP) is 1.60. The summed E-state index contributed by atoms with van der Waals surface area (Å²) >= 11 is 1.48. The third kappa shape index (κ3) is 3.68. The number of nitrogens with one attached hydrogen (secondary N) is 2. The minimum atomic E-state index is -0.748. The Hall–Kier alpha value is -2.35. The molecule has 7 nitrogen and oxygen atoms in total. The summed E-state index contributed by atoms with van der Waals surface area (Å²) in [5, 5.41) is 6.14. The first-order chi connectivity index (χ1) is 11.8. The Bertz CT molecular complexity index is 791. The van der Waals surface area contributed by atoms with Crippen LogP contribution in [0.2, 0.25) is 0 Å². The lowest BCUT2D eigenvalue weighted by Crippen LogP contribution is -2.46. The van der Waals surface area contributed by atoms with Gasteiger partial charge in [0.1, 0.15) is 5.25 Å². The van der Waals surface area contributed by atoms with Crippen LogP contribution in [0.3, 0.4) is 0 Å². The Morgan fingerprint density at radius 2 is 2.24 bits per heavy atom. The van der Waals surface area contributed by atoms with Gasteiger partial charge in [-0.1, -0.05) is 23.9 Å². The van der Waals surface area contributed by atoms with Gasteiger partial charge in [-0.15, -0.1) is 0 Å². The van der Waals surface area contributed by atoms with E-state index in [0.717, 1.165) is 10.6 Å². The third-order valence-corrected chi connectivity index (χ3v) is 5.58. The average Bonchev–Trinajstić information content (AvgIpc) is 2.85. The molecule has 132 valence electrons. The van der Waals surface area contributed by atoms with Gasteiger partial charge in [-0.3, -0.25) is 19.9 Å². The molecule has 3 atom stereocenters. The van der Waals surface area contributed by atoms with E-state index in [2.05, 4.69) is 20.6 Å². The highest BCUT2D eigenvalue weighted by Gasteiger charge is 2.34. The second kappa shape index (κ2) is 6.51. The van der Waals surface area contributed by atoms with E-state index in [9.17, 15) is 9.59 Å². The highest BCUT2D eigenvalue weighted by atomic mass is 32.2. The molecule has 1 aromatic rings. The average molecular weight is 359 g/mol. The summed E-state index contributed by atoms with van der Waals surface area (Å²) in [7, 11) is 0. The van der Waals surface area contributed by atoms with Crippen molar-refractivity contribution < 1.29 is 9.59 Å². The molecule has 3 unspecified atom stereocenters. The number of amides is 2. The van der Waals surface area contributed by atoms with Crippen LogP contribution in [-0.2, 0) is 15.1 Å². The highest BCUT2D eigenvalue weighted by molar-refractivity contribution is 8.15. The summed E-state index contributed by atoms with van der Waals surface area (Å²) in [5.74, 6) is -0.143. The second-order valence-corrected chi connectivity index (χ2v) is 7.83. The summed E-state index contributed by atoms with van der Waals surface area (Å²) in [6.45, 7) is 5.70. The van der Waals surface area contributed by atoms with Gasteiger partial charge in [0, 0.05) is 5.69 Å². The highest BCUT2D eigenvalue weighted by Crippen LogP contribution is 2.33. The minimum Gasteiger partial charge on any atom is -0.370 e. The van der Waals surface area contributed by atoms with Crippen molar-refractivity contribution in [1.29, 1.82) is 0 Å². The van der Waals surface area contributed by atoms with Crippen LogP contribution in [-0.4, -0.2) is 34.1 Å². The van der Waals surface area contributed by atoms with Crippen LogP contribution in [0, 0.1) is 0 Å². The van der Waals surface area contributed by atoms with Crippen molar-refractivity contribution in [3.63, 3.8) is 0 Å². The molecule has 0 bridgehead atoms. The smallest absolute Gasteiger partial charge is 0.240 e. The van der Waals surface area contributed by atoms with Gasteiger partial charge >= 0.3 is 0 Å². The summed E-state index contributed by atoms with van der Waals surface area (Å²) in [6, 6.07) is 7.33. The lowest BCUT2D eigenvalue weighted by Gasteiger charge is -2.30. The molecular formula is C17H21N5O2S. The fourth-order valence-electron chi connectivity index (χ4n) is 3.08. The molecule has 0 aliphatic carbocycles. The molecule has 2 aliphatic rings. The number of guanidine groups is 1. The molecule has 0 saturated carbocycles. The SMILES string of the molecule is CC1=NC(C)C(C(=O)Nc2cccc(C3(C)CC(=O)NC(N)=N3)c2)S1. The maximum Gasteiger partial charge on any atom is 0.240 e.